The number of nitrogens with two attached hydrogens (primary N) is 1. The fraction of sp³-hybridized carbons (Fsp3) is 0.286. The quantitative estimate of drug-likeness (QED) is 0.698. The number of nitrogens with zero attached hydrogens (tertiary/aromatic N) is 4. The Morgan fingerprint density at radius 2 is 2.18 bits per heavy atom. The first-order chi connectivity index (χ1) is 10.6. The molecular weight excluding hydrogens is 318 g/mol. The molecule has 0 aliphatic heterocycles. The molecule has 6 nitrogen and oxygen atoms in total. The van der Waals surface area contributed by atoms with Crippen molar-refractivity contribution in [2.75, 3.05) is 0 Å². The minimum absolute atomic E-state index is 0.286. The predicted octanol–water partition coefficient (Wildman–Crippen LogP) is 2.13. The number of aryl methyl sites for hydroxylation is 1. The summed E-state index contributed by atoms with van der Waals surface area (Å²) in [5, 5.41) is 10.2. The Morgan fingerprint density at radius 1 is 1.36 bits per heavy atom. The maximum Gasteiger partial charge on any atom is 0.217 e. The minimum atomic E-state index is -0.327. The van der Waals surface area contributed by atoms with Crippen LogP contribution in [0.5, 0.6) is 0 Å². The van der Waals surface area contributed by atoms with E-state index in [-0.39, 0.29) is 12.3 Å². The van der Waals surface area contributed by atoms with E-state index >= 15 is 0 Å². The van der Waals surface area contributed by atoms with Gasteiger partial charge in [-0.2, -0.15) is 0 Å². The number of aromatic nitrogens is 4. The second kappa shape index (κ2) is 6.45. The highest BCUT2D eigenvalue weighted by Crippen LogP contribution is 2.27. The molecule has 3 aromatic rings. The molecule has 0 radical (unpaired) electrons. The summed E-state index contributed by atoms with van der Waals surface area (Å²) in [4.78, 5) is 15.4. The fourth-order valence-electron chi connectivity index (χ4n) is 2.03. The Balaban J connectivity index is 1.67. The van der Waals surface area contributed by atoms with Gasteiger partial charge < -0.3 is 10.3 Å². The SMILES string of the molecule is Cn1c(CCC(N)=O)nnc1SCc1nc2ccccc2s1. The third kappa shape index (κ3) is 3.28. The standard InChI is InChI=1S/C14H15N5OS2/c1-19-12(7-6-11(15)20)17-18-14(19)21-8-13-16-9-4-2-3-5-10(9)22-13/h2-5H,6-8H2,1H3,(H2,15,20). The summed E-state index contributed by atoms with van der Waals surface area (Å²) in [5.41, 5.74) is 6.19. The molecule has 0 saturated heterocycles. The van der Waals surface area contributed by atoms with Gasteiger partial charge in [-0.1, -0.05) is 23.9 Å². The Hall–Kier alpha value is -1.93. The minimum Gasteiger partial charge on any atom is -0.370 e. The first kappa shape index (κ1) is 15.0. The number of rotatable bonds is 6. The zero-order valence-corrected chi connectivity index (χ0v) is 13.7. The molecule has 1 amide bonds. The molecule has 22 heavy (non-hydrogen) atoms. The van der Waals surface area contributed by atoms with Gasteiger partial charge in [-0.15, -0.1) is 21.5 Å². The number of fused-ring (bicyclic) bond motifs is 1. The lowest BCUT2D eigenvalue weighted by atomic mass is 10.3. The Labute approximate surface area is 135 Å². The molecule has 114 valence electrons. The molecular formula is C14H15N5OS2. The third-order valence-electron chi connectivity index (χ3n) is 3.18. The number of thiazole rings is 1. The molecule has 0 unspecified atom stereocenters. The van der Waals surface area contributed by atoms with Crippen LogP contribution in [0.25, 0.3) is 10.2 Å². The maximum absolute atomic E-state index is 10.8. The van der Waals surface area contributed by atoms with Crippen LogP contribution in [0.2, 0.25) is 0 Å². The Kier molecular flexibility index (Phi) is 4.39. The number of para-hydroxylation sites is 1. The van der Waals surface area contributed by atoms with Crippen LogP contribution < -0.4 is 5.73 Å². The van der Waals surface area contributed by atoms with Crippen LogP contribution in [0, 0.1) is 0 Å². The molecule has 2 N–H and O–H groups in total. The van der Waals surface area contributed by atoms with Crippen LogP contribution in [-0.2, 0) is 24.0 Å². The lowest BCUT2D eigenvalue weighted by Gasteiger charge is -2.01. The number of primary amides is 1. The molecule has 0 fully saturated rings. The van der Waals surface area contributed by atoms with Gasteiger partial charge in [-0.05, 0) is 12.1 Å². The molecule has 0 atom stereocenters. The summed E-state index contributed by atoms with van der Waals surface area (Å²) in [6.07, 6.45) is 0.801. The van der Waals surface area contributed by atoms with E-state index in [0.717, 1.165) is 27.3 Å². The van der Waals surface area contributed by atoms with Crippen LogP contribution >= 0.6 is 23.1 Å². The summed E-state index contributed by atoms with van der Waals surface area (Å²) < 4.78 is 3.10. The van der Waals surface area contributed by atoms with E-state index in [0.29, 0.717) is 6.42 Å². The van der Waals surface area contributed by atoms with Crippen molar-refractivity contribution in [3.05, 3.63) is 35.1 Å². The van der Waals surface area contributed by atoms with Crippen LogP contribution in [0.4, 0.5) is 0 Å². The van der Waals surface area contributed by atoms with Gasteiger partial charge in [0.05, 0.1) is 16.0 Å². The van der Waals surface area contributed by atoms with E-state index in [1.165, 1.54) is 4.70 Å². The largest absolute Gasteiger partial charge is 0.370 e. The summed E-state index contributed by atoms with van der Waals surface area (Å²) in [7, 11) is 1.90. The van der Waals surface area contributed by atoms with Crippen LogP contribution in [0.1, 0.15) is 17.3 Å². The van der Waals surface area contributed by atoms with Crippen molar-refractivity contribution in [1.29, 1.82) is 0 Å². The van der Waals surface area contributed by atoms with Crippen molar-refractivity contribution in [3.63, 3.8) is 0 Å². The van der Waals surface area contributed by atoms with E-state index in [1.807, 2.05) is 29.8 Å². The average Bonchev–Trinajstić information content (AvgIpc) is 3.06. The number of benzene rings is 1. The predicted molar refractivity (Wildman–Crippen MR) is 87.7 cm³/mol. The highest BCUT2D eigenvalue weighted by molar-refractivity contribution is 7.98. The van der Waals surface area contributed by atoms with Crippen molar-refractivity contribution < 1.29 is 4.79 Å². The summed E-state index contributed by atoms with van der Waals surface area (Å²) in [5.74, 6) is 1.19. The van der Waals surface area contributed by atoms with Crippen molar-refractivity contribution in [2.45, 2.75) is 23.8 Å². The van der Waals surface area contributed by atoms with E-state index in [4.69, 9.17) is 5.73 Å². The normalized spacial score (nSPS) is 11.1. The highest BCUT2D eigenvalue weighted by Gasteiger charge is 2.11. The Bertz CT molecular complexity index is 778. The van der Waals surface area contributed by atoms with Crippen molar-refractivity contribution >= 4 is 39.2 Å². The fourth-order valence-corrected chi connectivity index (χ4v) is 3.92. The van der Waals surface area contributed by atoms with Crippen LogP contribution in [0.15, 0.2) is 29.4 Å². The highest BCUT2D eigenvalue weighted by atomic mass is 32.2. The topological polar surface area (TPSA) is 86.7 Å². The molecule has 0 saturated carbocycles. The second-order valence-corrected chi connectivity index (χ2v) is 6.85. The molecule has 3 rings (SSSR count). The summed E-state index contributed by atoms with van der Waals surface area (Å²) in [6, 6.07) is 8.10. The number of hydrogen-bond acceptors (Lipinski definition) is 6. The molecule has 2 aromatic heterocycles. The van der Waals surface area contributed by atoms with Crippen molar-refractivity contribution in [1.82, 2.24) is 19.7 Å². The molecule has 1 aromatic carbocycles. The molecule has 8 heteroatoms. The van der Waals surface area contributed by atoms with Gasteiger partial charge in [-0.25, -0.2) is 4.98 Å². The molecule has 0 aliphatic rings. The van der Waals surface area contributed by atoms with Crippen LogP contribution in [-0.4, -0.2) is 25.7 Å². The second-order valence-electron chi connectivity index (χ2n) is 4.79. The first-order valence-electron chi connectivity index (χ1n) is 6.77. The maximum atomic E-state index is 10.8. The first-order valence-corrected chi connectivity index (χ1v) is 8.57. The molecule has 2 heterocycles. The molecule has 0 aliphatic carbocycles. The van der Waals surface area contributed by atoms with Crippen molar-refractivity contribution in [3.8, 4) is 0 Å². The van der Waals surface area contributed by atoms with E-state index in [1.54, 1.807) is 23.1 Å². The van der Waals surface area contributed by atoms with Gasteiger partial charge in [0.25, 0.3) is 0 Å². The summed E-state index contributed by atoms with van der Waals surface area (Å²) >= 11 is 3.28. The zero-order valence-electron chi connectivity index (χ0n) is 12.0. The van der Waals surface area contributed by atoms with Gasteiger partial charge in [0.1, 0.15) is 10.8 Å². The van der Waals surface area contributed by atoms with Gasteiger partial charge in [0, 0.05) is 19.9 Å². The van der Waals surface area contributed by atoms with Crippen molar-refractivity contribution in [2.24, 2.45) is 12.8 Å². The Morgan fingerprint density at radius 3 is 2.95 bits per heavy atom. The van der Waals surface area contributed by atoms with E-state index in [2.05, 4.69) is 21.2 Å². The number of thioether (sulfide) groups is 1. The third-order valence-corrected chi connectivity index (χ3v) is 5.43. The number of carbonyl (C=O) groups excluding carboxylic acids is 1. The molecule has 0 spiro atoms. The number of amides is 1. The average molecular weight is 333 g/mol. The number of hydrogen-bond donors (Lipinski definition) is 1. The smallest absolute Gasteiger partial charge is 0.217 e. The van der Waals surface area contributed by atoms with Gasteiger partial charge in [0.15, 0.2) is 5.16 Å². The van der Waals surface area contributed by atoms with Crippen LogP contribution in [0.3, 0.4) is 0 Å². The van der Waals surface area contributed by atoms with E-state index in [9.17, 15) is 4.79 Å². The van der Waals surface area contributed by atoms with Gasteiger partial charge in [-0.3, -0.25) is 4.79 Å². The van der Waals surface area contributed by atoms with Gasteiger partial charge in [0.2, 0.25) is 5.91 Å². The molecule has 0 bridgehead atoms. The monoisotopic (exact) mass is 333 g/mol. The number of carbonyl (C=O) groups is 1. The lowest BCUT2D eigenvalue weighted by molar-refractivity contribution is -0.118. The van der Waals surface area contributed by atoms with E-state index < -0.39 is 0 Å². The lowest BCUT2D eigenvalue weighted by Crippen LogP contribution is -2.12. The zero-order chi connectivity index (χ0) is 15.5. The van der Waals surface area contributed by atoms with Gasteiger partial charge >= 0.3 is 0 Å². The summed E-state index contributed by atoms with van der Waals surface area (Å²) in [6.45, 7) is 0.